The fraction of sp³-hybridized carbons (Fsp3) is 0.600. The summed E-state index contributed by atoms with van der Waals surface area (Å²) in [7, 11) is 1.76. The monoisotopic (exact) mass is 81.1 g/mol. The highest BCUT2D eigenvalue weighted by molar-refractivity contribution is 5.62. The second-order valence-corrected chi connectivity index (χ2v) is 1.44. The second kappa shape index (κ2) is 1.27. The zero-order valence-electron chi connectivity index (χ0n) is 3.86. The van der Waals surface area contributed by atoms with Crippen LogP contribution >= 0.6 is 0 Å². The van der Waals surface area contributed by atoms with Crippen LogP contribution in [0.25, 0.3) is 0 Å². The normalized spacial score (nSPS) is 16.5. The lowest BCUT2D eigenvalue weighted by molar-refractivity contribution is 1.48. The SMILES string of the molecule is CN=C=C1CC1. The Hall–Kier alpha value is -0.550. The molecule has 0 aromatic heterocycles. The van der Waals surface area contributed by atoms with Gasteiger partial charge in [-0.25, -0.2) is 4.99 Å². The fourth-order valence-corrected chi connectivity index (χ4v) is 0.332. The Morgan fingerprint density at radius 1 is 1.67 bits per heavy atom. The molecule has 0 aliphatic heterocycles. The van der Waals surface area contributed by atoms with Crippen molar-refractivity contribution in [2.45, 2.75) is 12.8 Å². The summed E-state index contributed by atoms with van der Waals surface area (Å²) in [5.41, 5.74) is 1.37. The van der Waals surface area contributed by atoms with Crippen molar-refractivity contribution < 1.29 is 0 Å². The van der Waals surface area contributed by atoms with Crippen molar-refractivity contribution in [2.75, 3.05) is 7.05 Å². The Balaban J connectivity index is 2.64. The third-order valence-corrected chi connectivity index (χ3v) is 0.770. The molecule has 0 N–H and O–H groups in total. The number of hydrogen-bond donors (Lipinski definition) is 0. The molecule has 1 saturated carbocycles. The van der Waals surface area contributed by atoms with E-state index in [-0.39, 0.29) is 0 Å². The highest BCUT2D eigenvalue weighted by atomic mass is 14.6. The smallest absolute Gasteiger partial charge is 0.0372 e. The van der Waals surface area contributed by atoms with Gasteiger partial charge >= 0.3 is 0 Å². The summed E-state index contributed by atoms with van der Waals surface area (Å²) >= 11 is 0. The highest BCUT2D eigenvalue weighted by Crippen LogP contribution is 2.23. The first-order valence-corrected chi connectivity index (χ1v) is 2.13. The zero-order chi connectivity index (χ0) is 4.41. The molecule has 0 aromatic carbocycles. The van der Waals surface area contributed by atoms with E-state index in [0.717, 1.165) is 0 Å². The van der Waals surface area contributed by atoms with Crippen LogP contribution in [0.2, 0.25) is 0 Å². The van der Waals surface area contributed by atoms with Gasteiger partial charge in [0.25, 0.3) is 0 Å². The van der Waals surface area contributed by atoms with Crippen molar-refractivity contribution in [3.63, 3.8) is 0 Å². The van der Waals surface area contributed by atoms with Gasteiger partial charge in [-0.15, -0.1) is 0 Å². The summed E-state index contributed by atoms with van der Waals surface area (Å²) in [6.45, 7) is 0. The van der Waals surface area contributed by atoms with Gasteiger partial charge in [-0.05, 0) is 24.3 Å². The molecular formula is C5H7N. The van der Waals surface area contributed by atoms with Gasteiger partial charge in [0, 0.05) is 7.05 Å². The van der Waals surface area contributed by atoms with Gasteiger partial charge in [0.1, 0.15) is 0 Å². The molecule has 6 heavy (non-hydrogen) atoms. The number of nitrogens with zero attached hydrogens (tertiary/aromatic N) is 1. The number of hydrogen-bond acceptors (Lipinski definition) is 1. The molecule has 0 saturated heterocycles. The average Bonchev–Trinajstić information content (AvgIpc) is 2.21. The third kappa shape index (κ3) is 0.697. The van der Waals surface area contributed by atoms with E-state index in [1.165, 1.54) is 18.4 Å². The number of aliphatic imine (C=N–C) groups is 1. The fourth-order valence-electron chi connectivity index (χ4n) is 0.332. The van der Waals surface area contributed by atoms with Crippen molar-refractivity contribution in [1.82, 2.24) is 0 Å². The predicted octanol–water partition coefficient (Wildman–Crippen LogP) is 1.01. The van der Waals surface area contributed by atoms with Crippen molar-refractivity contribution in [1.29, 1.82) is 0 Å². The van der Waals surface area contributed by atoms with Gasteiger partial charge in [-0.1, -0.05) is 0 Å². The lowest BCUT2D eigenvalue weighted by Crippen LogP contribution is -1.46. The van der Waals surface area contributed by atoms with Gasteiger partial charge in [0.2, 0.25) is 0 Å². The Labute approximate surface area is 37.4 Å². The molecule has 1 aliphatic rings. The first-order chi connectivity index (χ1) is 2.93. The maximum atomic E-state index is 3.71. The van der Waals surface area contributed by atoms with Crippen LogP contribution in [-0.2, 0) is 0 Å². The lowest BCUT2D eigenvalue weighted by Gasteiger charge is -1.52. The standard InChI is InChI=1S/C5H7N/c1-6-4-5-2-3-5/h2-3H2,1H3. The van der Waals surface area contributed by atoms with Gasteiger partial charge in [-0.3, -0.25) is 0 Å². The predicted molar refractivity (Wildman–Crippen MR) is 26.1 cm³/mol. The molecule has 1 heteroatoms. The van der Waals surface area contributed by atoms with Gasteiger partial charge in [-0.2, -0.15) is 0 Å². The summed E-state index contributed by atoms with van der Waals surface area (Å²) in [5, 5.41) is 0. The van der Waals surface area contributed by atoms with E-state index in [1.54, 1.807) is 7.05 Å². The molecule has 1 rings (SSSR count). The molecule has 0 spiro atoms. The van der Waals surface area contributed by atoms with Crippen LogP contribution in [-0.4, -0.2) is 12.9 Å². The summed E-state index contributed by atoms with van der Waals surface area (Å²) in [4.78, 5) is 3.71. The van der Waals surface area contributed by atoms with Crippen molar-refractivity contribution in [3.8, 4) is 0 Å². The van der Waals surface area contributed by atoms with Crippen LogP contribution in [0, 0.1) is 0 Å². The Bertz CT molecular complexity index is 101. The van der Waals surface area contributed by atoms with Crippen LogP contribution in [0.4, 0.5) is 0 Å². The maximum Gasteiger partial charge on any atom is 0.0372 e. The first kappa shape index (κ1) is 3.63. The molecule has 1 fully saturated rings. The summed E-state index contributed by atoms with van der Waals surface area (Å²) in [6, 6.07) is 0. The van der Waals surface area contributed by atoms with E-state index < -0.39 is 0 Å². The second-order valence-electron chi connectivity index (χ2n) is 1.44. The molecule has 0 unspecified atom stereocenters. The average molecular weight is 81.1 g/mol. The van der Waals surface area contributed by atoms with Crippen LogP contribution in [0.3, 0.4) is 0 Å². The van der Waals surface area contributed by atoms with Crippen LogP contribution < -0.4 is 0 Å². The minimum Gasteiger partial charge on any atom is -0.246 e. The Kier molecular flexibility index (Phi) is 0.771. The third-order valence-electron chi connectivity index (χ3n) is 0.770. The number of rotatable bonds is 0. The molecule has 0 amide bonds. The van der Waals surface area contributed by atoms with E-state index in [0.29, 0.717) is 0 Å². The molecule has 0 bridgehead atoms. The van der Waals surface area contributed by atoms with E-state index in [1.807, 2.05) is 0 Å². The van der Waals surface area contributed by atoms with Crippen LogP contribution in [0.15, 0.2) is 10.6 Å². The quantitative estimate of drug-likeness (QED) is 0.386. The van der Waals surface area contributed by atoms with E-state index in [9.17, 15) is 0 Å². The molecule has 0 atom stereocenters. The van der Waals surface area contributed by atoms with Gasteiger partial charge < -0.3 is 0 Å². The summed E-state index contributed by atoms with van der Waals surface area (Å²) < 4.78 is 0. The Morgan fingerprint density at radius 2 is 2.33 bits per heavy atom. The van der Waals surface area contributed by atoms with E-state index in [2.05, 4.69) is 10.9 Å². The topological polar surface area (TPSA) is 12.4 Å². The van der Waals surface area contributed by atoms with Gasteiger partial charge in [0.05, 0.1) is 0 Å². The molecule has 1 aliphatic carbocycles. The van der Waals surface area contributed by atoms with Crippen LogP contribution in [0.5, 0.6) is 0 Å². The minimum absolute atomic E-state index is 1.23. The highest BCUT2D eigenvalue weighted by Gasteiger charge is 2.08. The molecule has 0 heterocycles. The van der Waals surface area contributed by atoms with Crippen LogP contribution in [0.1, 0.15) is 12.8 Å². The summed E-state index contributed by atoms with van der Waals surface area (Å²) in [5.74, 6) is 2.86. The van der Waals surface area contributed by atoms with E-state index in [4.69, 9.17) is 0 Å². The molecule has 32 valence electrons. The van der Waals surface area contributed by atoms with E-state index >= 15 is 0 Å². The zero-order valence-corrected chi connectivity index (χ0v) is 3.86. The molecule has 0 aromatic rings. The maximum absolute atomic E-state index is 3.71. The molecule has 1 nitrogen and oxygen atoms in total. The first-order valence-electron chi connectivity index (χ1n) is 2.13. The Morgan fingerprint density at radius 3 is 2.50 bits per heavy atom. The van der Waals surface area contributed by atoms with Crippen molar-refractivity contribution >= 4 is 5.87 Å². The molecule has 0 radical (unpaired) electrons. The number of allylic oxidation sites excluding steroid dienone is 1. The lowest BCUT2D eigenvalue weighted by atomic mass is 10.7. The largest absolute Gasteiger partial charge is 0.246 e. The minimum atomic E-state index is 1.23. The molecular weight excluding hydrogens is 74.1 g/mol. The van der Waals surface area contributed by atoms with Gasteiger partial charge in [0.15, 0.2) is 0 Å². The van der Waals surface area contributed by atoms with Crippen molar-refractivity contribution in [3.05, 3.63) is 5.57 Å². The van der Waals surface area contributed by atoms with Crippen molar-refractivity contribution in [2.24, 2.45) is 4.99 Å². The summed E-state index contributed by atoms with van der Waals surface area (Å²) in [6.07, 6.45) is 2.47.